The largest absolute Gasteiger partial charge is 0.486 e. The standard InChI is InChI=1S/C13H21N3O2/c14-8-11(15)9-16-4-3-10-1-2-12-13(7-10)18-6-5-17-12/h1-2,7,11,16H,3-6,8-9,14-15H2. The Morgan fingerprint density at radius 1 is 1.22 bits per heavy atom. The summed E-state index contributed by atoms with van der Waals surface area (Å²) in [7, 11) is 0. The monoisotopic (exact) mass is 251 g/mol. The minimum Gasteiger partial charge on any atom is -0.486 e. The predicted octanol–water partition coefficient (Wildman–Crippen LogP) is -0.124. The van der Waals surface area contributed by atoms with Gasteiger partial charge in [-0.3, -0.25) is 0 Å². The molecule has 100 valence electrons. The SMILES string of the molecule is NCC(N)CNCCc1ccc2c(c1)OCCO2. The van der Waals surface area contributed by atoms with E-state index in [4.69, 9.17) is 20.9 Å². The van der Waals surface area contributed by atoms with Crippen LogP contribution in [0.15, 0.2) is 18.2 Å². The van der Waals surface area contributed by atoms with E-state index in [1.165, 1.54) is 5.56 Å². The third-order valence-corrected chi connectivity index (χ3v) is 2.91. The normalized spacial score (nSPS) is 15.4. The van der Waals surface area contributed by atoms with Crippen molar-refractivity contribution in [3.63, 3.8) is 0 Å². The van der Waals surface area contributed by atoms with Gasteiger partial charge in [0.15, 0.2) is 11.5 Å². The van der Waals surface area contributed by atoms with E-state index in [1.54, 1.807) is 0 Å². The molecule has 1 unspecified atom stereocenters. The number of rotatable bonds is 6. The number of fused-ring (bicyclic) bond motifs is 1. The summed E-state index contributed by atoms with van der Waals surface area (Å²) in [5, 5.41) is 3.29. The highest BCUT2D eigenvalue weighted by Crippen LogP contribution is 2.30. The van der Waals surface area contributed by atoms with Crippen molar-refractivity contribution in [2.75, 3.05) is 32.8 Å². The number of ether oxygens (including phenoxy) is 2. The molecule has 0 fully saturated rings. The molecule has 0 spiro atoms. The Kier molecular flexibility index (Phi) is 4.81. The zero-order chi connectivity index (χ0) is 12.8. The molecule has 1 heterocycles. The van der Waals surface area contributed by atoms with Gasteiger partial charge in [-0.05, 0) is 30.7 Å². The van der Waals surface area contributed by atoms with Crippen LogP contribution >= 0.6 is 0 Å². The lowest BCUT2D eigenvalue weighted by Gasteiger charge is -2.19. The summed E-state index contributed by atoms with van der Waals surface area (Å²) in [4.78, 5) is 0. The second kappa shape index (κ2) is 6.58. The molecule has 1 aromatic carbocycles. The van der Waals surface area contributed by atoms with Crippen LogP contribution in [-0.2, 0) is 6.42 Å². The molecule has 0 saturated heterocycles. The average molecular weight is 251 g/mol. The Hall–Kier alpha value is -1.30. The van der Waals surface area contributed by atoms with Crippen LogP contribution in [0.1, 0.15) is 5.56 Å². The molecule has 1 atom stereocenters. The average Bonchev–Trinajstić information content (AvgIpc) is 2.43. The molecule has 0 radical (unpaired) electrons. The number of nitrogens with one attached hydrogen (secondary N) is 1. The summed E-state index contributed by atoms with van der Waals surface area (Å²) in [6.07, 6.45) is 0.938. The highest BCUT2D eigenvalue weighted by atomic mass is 16.6. The Bertz CT molecular complexity index is 384. The molecule has 1 aliphatic heterocycles. The molecule has 5 nitrogen and oxygen atoms in total. The third-order valence-electron chi connectivity index (χ3n) is 2.91. The molecular weight excluding hydrogens is 230 g/mol. The first-order valence-electron chi connectivity index (χ1n) is 6.34. The molecule has 0 amide bonds. The lowest BCUT2D eigenvalue weighted by Crippen LogP contribution is -2.40. The zero-order valence-corrected chi connectivity index (χ0v) is 10.5. The first-order valence-corrected chi connectivity index (χ1v) is 6.34. The molecule has 18 heavy (non-hydrogen) atoms. The lowest BCUT2D eigenvalue weighted by molar-refractivity contribution is 0.171. The second-order valence-corrected chi connectivity index (χ2v) is 4.43. The van der Waals surface area contributed by atoms with Crippen molar-refractivity contribution in [2.24, 2.45) is 11.5 Å². The van der Waals surface area contributed by atoms with E-state index in [9.17, 15) is 0 Å². The summed E-state index contributed by atoms with van der Waals surface area (Å²) in [5.41, 5.74) is 12.4. The highest BCUT2D eigenvalue weighted by Gasteiger charge is 2.11. The molecule has 0 bridgehead atoms. The van der Waals surface area contributed by atoms with Gasteiger partial charge in [0.25, 0.3) is 0 Å². The van der Waals surface area contributed by atoms with Gasteiger partial charge < -0.3 is 26.3 Å². The van der Waals surface area contributed by atoms with Crippen LogP contribution in [0.2, 0.25) is 0 Å². The molecule has 5 N–H and O–H groups in total. The van der Waals surface area contributed by atoms with Gasteiger partial charge in [0.2, 0.25) is 0 Å². The van der Waals surface area contributed by atoms with Crippen molar-refractivity contribution in [3.05, 3.63) is 23.8 Å². The Morgan fingerprint density at radius 2 is 2.00 bits per heavy atom. The minimum atomic E-state index is 0.0327. The maximum Gasteiger partial charge on any atom is 0.161 e. The molecule has 5 heteroatoms. The maximum atomic E-state index is 5.72. The van der Waals surface area contributed by atoms with E-state index in [0.29, 0.717) is 19.8 Å². The van der Waals surface area contributed by atoms with Crippen molar-refractivity contribution in [1.82, 2.24) is 5.32 Å². The van der Waals surface area contributed by atoms with Crippen molar-refractivity contribution < 1.29 is 9.47 Å². The fourth-order valence-corrected chi connectivity index (χ4v) is 1.85. The number of nitrogens with two attached hydrogens (primary N) is 2. The smallest absolute Gasteiger partial charge is 0.161 e. The van der Waals surface area contributed by atoms with E-state index >= 15 is 0 Å². The van der Waals surface area contributed by atoms with E-state index in [-0.39, 0.29) is 6.04 Å². The zero-order valence-electron chi connectivity index (χ0n) is 10.5. The summed E-state index contributed by atoms with van der Waals surface area (Å²) in [6, 6.07) is 6.11. The number of hydrogen-bond acceptors (Lipinski definition) is 5. The van der Waals surface area contributed by atoms with Crippen LogP contribution in [0.5, 0.6) is 11.5 Å². The summed E-state index contributed by atoms with van der Waals surface area (Å²) >= 11 is 0. The summed E-state index contributed by atoms with van der Waals surface area (Å²) < 4.78 is 11.0. The fraction of sp³-hybridized carbons (Fsp3) is 0.538. The molecule has 0 saturated carbocycles. The Balaban J connectivity index is 1.79. The lowest BCUT2D eigenvalue weighted by atomic mass is 10.1. The molecular formula is C13H21N3O2. The van der Waals surface area contributed by atoms with Gasteiger partial charge in [0, 0.05) is 19.1 Å². The van der Waals surface area contributed by atoms with Crippen LogP contribution in [0.3, 0.4) is 0 Å². The van der Waals surface area contributed by atoms with Gasteiger partial charge in [0.1, 0.15) is 13.2 Å². The van der Waals surface area contributed by atoms with E-state index in [2.05, 4.69) is 11.4 Å². The highest BCUT2D eigenvalue weighted by molar-refractivity contribution is 5.43. The van der Waals surface area contributed by atoms with Gasteiger partial charge >= 0.3 is 0 Å². The number of hydrogen-bond donors (Lipinski definition) is 3. The first kappa shape index (κ1) is 13.1. The van der Waals surface area contributed by atoms with Crippen LogP contribution in [0, 0.1) is 0 Å². The van der Waals surface area contributed by atoms with E-state index in [0.717, 1.165) is 31.0 Å². The van der Waals surface area contributed by atoms with Crippen LogP contribution in [0.25, 0.3) is 0 Å². The molecule has 0 aromatic heterocycles. The van der Waals surface area contributed by atoms with Crippen LogP contribution in [0.4, 0.5) is 0 Å². The molecule has 2 rings (SSSR count). The van der Waals surface area contributed by atoms with Crippen molar-refractivity contribution >= 4 is 0 Å². The Labute approximate surface area is 107 Å². The fourth-order valence-electron chi connectivity index (χ4n) is 1.85. The maximum absolute atomic E-state index is 5.72. The van der Waals surface area contributed by atoms with Crippen molar-refractivity contribution in [1.29, 1.82) is 0 Å². The predicted molar refractivity (Wildman–Crippen MR) is 71.0 cm³/mol. The molecule has 1 aliphatic rings. The van der Waals surface area contributed by atoms with Gasteiger partial charge in [-0.1, -0.05) is 6.07 Å². The number of benzene rings is 1. The van der Waals surface area contributed by atoms with Crippen LogP contribution in [-0.4, -0.2) is 38.9 Å². The van der Waals surface area contributed by atoms with E-state index < -0.39 is 0 Å². The van der Waals surface area contributed by atoms with Gasteiger partial charge in [-0.2, -0.15) is 0 Å². The second-order valence-electron chi connectivity index (χ2n) is 4.43. The van der Waals surface area contributed by atoms with Gasteiger partial charge in [0.05, 0.1) is 0 Å². The first-order chi connectivity index (χ1) is 8.79. The summed E-state index contributed by atoms with van der Waals surface area (Å²) in [5.74, 6) is 1.68. The van der Waals surface area contributed by atoms with Crippen molar-refractivity contribution in [2.45, 2.75) is 12.5 Å². The summed E-state index contributed by atoms with van der Waals surface area (Å²) in [6.45, 7) is 3.40. The quantitative estimate of drug-likeness (QED) is 0.614. The topological polar surface area (TPSA) is 82.5 Å². The minimum absolute atomic E-state index is 0.0327. The van der Waals surface area contributed by atoms with E-state index in [1.807, 2.05) is 12.1 Å². The van der Waals surface area contributed by atoms with Crippen molar-refractivity contribution in [3.8, 4) is 11.5 Å². The van der Waals surface area contributed by atoms with Crippen LogP contribution < -0.4 is 26.3 Å². The Morgan fingerprint density at radius 3 is 2.78 bits per heavy atom. The molecule has 0 aliphatic carbocycles. The van der Waals surface area contributed by atoms with Gasteiger partial charge in [-0.25, -0.2) is 0 Å². The van der Waals surface area contributed by atoms with Gasteiger partial charge in [-0.15, -0.1) is 0 Å². The third kappa shape index (κ3) is 3.60. The molecule has 1 aromatic rings.